The molecule has 0 bridgehead atoms. The minimum absolute atomic E-state index is 0.154. The van der Waals surface area contributed by atoms with Gasteiger partial charge in [-0.25, -0.2) is 4.98 Å². The summed E-state index contributed by atoms with van der Waals surface area (Å²) in [6, 6.07) is 20.4. The molecular weight excluding hydrogens is 248 g/mol. The third-order valence-corrected chi connectivity index (χ3v) is 3.13. The minimum Gasteiger partial charge on any atom is -0.349 e. The molecule has 3 heteroatoms. The van der Waals surface area contributed by atoms with Crippen LogP contribution in [0.15, 0.2) is 79.4 Å². The third kappa shape index (κ3) is 2.95. The molecule has 0 saturated carbocycles. The van der Waals surface area contributed by atoms with Gasteiger partial charge in [0, 0.05) is 18.0 Å². The number of nitrogens with zero attached hydrogens (tertiary/aromatic N) is 2. The molecule has 0 aliphatic heterocycles. The molecule has 2 aromatic carbocycles. The maximum Gasteiger partial charge on any atom is 0.161 e. The highest BCUT2D eigenvalue weighted by Gasteiger charge is 2.13. The Bertz CT molecular complexity index is 621. The zero-order valence-corrected chi connectivity index (χ0v) is 11.1. The maximum absolute atomic E-state index is 6.08. The average Bonchev–Trinajstić information content (AvgIpc) is 3.04. The summed E-state index contributed by atoms with van der Waals surface area (Å²) in [5.74, 6) is 0. The molecule has 3 aromatic rings. The molecule has 0 fully saturated rings. The zero-order chi connectivity index (χ0) is 13.6. The molecule has 1 heterocycles. The largest absolute Gasteiger partial charge is 0.349 e. The molecule has 1 aromatic heterocycles. The fourth-order valence-electron chi connectivity index (χ4n) is 2.13. The van der Waals surface area contributed by atoms with Crippen molar-refractivity contribution in [1.29, 1.82) is 0 Å². The van der Waals surface area contributed by atoms with Crippen molar-refractivity contribution in [3.05, 3.63) is 90.5 Å². The number of hydrogen-bond acceptors (Lipinski definition) is 2. The molecule has 100 valence electrons. The molecule has 3 nitrogen and oxygen atoms in total. The smallest absolute Gasteiger partial charge is 0.161 e. The van der Waals surface area contributed by atoms with Crippen LogP contribution in [0.4, 0.5) is 0 Å². The van der Waals surface area contributed by atoms with Crippen molar-refractivity contribution < 1.29 is 4.74 Å². The predicted molar refractivity (Wildman–Crippen MR) is 78.0 cm³/mol. The van der Waals surface area contributed by atoms with E-state index in [0.29, 0.717) is 6.61 Å². The molecule has 0 spiro atoms. The lowest BCUT2D eigenvalue weighted by molar-refractivity contribution is 0.0195. The van der Waals surface area contributed by atoms with Crippen LogP contribution in [0.3, 0.4) is 0 Å². The summed E-state index contributed by atoms with van der Waals surface area (Å²) in [4.78, 5) is 4.11. The van der Waals surface area contributed by atoms with E-state index in [1.807, 2.05) is 47.2 Å². The van der Waals surface area contributed by atoms with E-state index in [9.17, 15) is 0 Å². The summed E-state index contributed by atoms with van der Waals surface area (Å²) in [6.45, 7) is 0.568. The SMILES string of the molecule is c1ccc(COC(c2ccccc2)n2ccnc2)cc1. The molecule has 0 N–H and O–H groups in total. The number of ether oxygens (including phenoxy) is 1. The number of aromatic nitrogens is 2. The highest BCUT2D eigenvalue weighted by atomic mass is 16.5. The van der Waals surface area contributed by atoms with Gasteiger partial charge in [-0.1, -0.05) is 60.7 Å². The molecule has 0 saturated heterocycles. The normalized spacial score (nSPS) is 12.2. The highest BCUT2D eigenvalue weighted by molar-refractivity contribution is 5.19. The second-order valence-corrected chi connectivity index (χ2v) is 4.57. The number of rotatable bonds is 5. The van der Waals surface area contributed by atoms with E-state index in [2.05, 4.69) is 29.2 Å². The molecule has 0 aliphatic rings. The van der Waals surface area contributed by atoms with Crippen LogP contribution in [0.5, 0.6) is 0 Å². The minimum atomic E-state index is -0.154. The van der Waals surface area contributed by atoms with Gasteiger partial charge in [0.05, 0.1) is 12.9 Å². The Kier molecular flexibility index (Phi) is 3.90. The van der Waals surface area contributed by atoms with Crippen LogP contribution in [0.1, 0.15) is 17.4 Å². The predicted octanol–water partition coefficient (Wildman–Crippen LogP) is 3.65. The molecule has 1 atom stereocenters. The van der Waals surface area contributed by atoms with Crippen molar-refractivity contribution in [3.8, 4) is 0 Å². The lowest BCUT2D eigenvalue weighted by Gasteiger charge is -2.19. The summed E-state index contributed by atoms with van der Waals surface area (Å²) in [6.07, 6.45) is 5.31. The fourth-order valence-corrected chi connectivity index (χ4v) is 2.13. The lowest BCUT2D eigenvalue weighted by Crippen LogP contribution is -2.13. The monoisotopic (exact) mass is 264 g/mol. The molecule has 0 aliphatic carbocycles. The van der Waals surface area contributed by atoms with Gasteiger partial charge in [-0.05, 0) is 5.56 Å². The summed E-state index contributed by atoms with van der Waals surface area (Å²) < 4.78 is 8.05. The van der Waals surface area contributed by atoms with Crippen LogP contribution in [-0.4, -0.2) is 9.55 Å². The van der Waals surface area contributed by atoms with E-state index in [0.717, 1.165) is 11.1 Å². The topological polar surface area (TPSA) is 27.1 Å². The van der Waals surface area contributed by atoms with Gasteiger partial charge in [0.1, 0.15) is 0 Å². The second kappa shape index (κ2) is 6.17. The van der Waals surface area contributed by atoms with Crippen LogP contribution in [0.2, 0.25) is 0 Å². The van der Waals surface area contributed by atoms with Crippen molar-refractivity contribution in [2.45, 2.75) is 12.8 Å². The van der Waals surface area contributed by atoms with E-state index in [1.54, 1.807) is 12.5 Å². The number of benzene rings is 2. The van der Waals surface area contributed by atoms with Crippen molar-refractivity contribution in [1.82, 2.24) is 9.55 Å². The van der Waals surface area contributed by atoms with Crippen LogP contribution < -0.4 is 0 Å². The van der Waals surface area contributed by atoms with E-state index < -0.39 is 0 Å². The van der Waals surface area contributed by atoms with Crippen LogP contribution >= 0.6 is 0 Å². The van der Waals surface area contributed by atoms with Gasteiger partial charge in [0.25, 0.3) is 0 Å². The Morgan fingerprint density at radius 3 is 2.30 bits per heavy atom. The van der Waals surface area contributed by atoms with Gasteiger partial charge in [-0.15, -0.1) is 0 Å². The Hall–Kier alpha value is -2.39. The first-order valence-electron chi connectivity index (χ1n) is 6.61. The molecule has 0 amide bonds. The Balaban J connectivity index is 1.80. The lowest BCUT2D eigenvalue weighted by atomic mass is 10.2. The Morgan fingerprint density at radius 2 is 1.65 bits per heavy atom. The number of imidazole rings is 1. The summed E-state index contributed by atoms with van der Waals surface area (Å²) in [7, 11) is 0. The van der Waals surface area contributed by atoms with Gasteiger partial charge >= 0.3 is 0 Å². The highest BCUT2D eigenvalue weighted by Crippen LogP contribution is 2.21. The molecule has 3 rings (SSSR count). The average molecular weight is 264 g/mol. The van der Waals surface area contributed by atoms with E-state index >= 15 is 0 Å². The van der Waals surface area contributed by atoms with Crippen molar-refractivity contribution in [3.63, 3.8) is 0 Å². The van der Waals surface area contributed by atoms with Gasteiger partial charge in [0.2, 0.25) is 0 Å². The van der Waals surface area contributed by atoms with Crippen LogP contribution in [0.25, 0.3) is 0 Å². The fraction of sp³-hybridized carbons (Fsp3) is 0.118. The summed E-state index contributed by atoms with van der Waals surface area (Å²) in [5.41, 5.74) is 2.27. The van der Waals surface area contributed by atoms with Crippen molar-refractivity contribution >= 4 is 0 Å². The van der Waals surface area contributed by atoms with E-state index in [4.69, 9.17) is 4.74 Å². The molecular formula is C17H16N2O. The van der Waals surface area contributed by atoms with Gasteiger partial charge in [-0.2, -0.15) is 0 Å². The van der Waals surface area contributed by atoms with E-state index in [1.165, 1.54) is 0 Å². The van der Waals surface area contributed by atoms with Gasteiger partial charge in [0.15, 0.2) is 6.23 Å². The second-order valence-electron chi connectivity index (χ2n) is 4.57. The van der Waals surface area contributed by atoms with Crippen molar-refractivity contribution in [2.75, 3.05) is 0 Å². The maximum atomic E-state index is 6.08. The van der Waals surface area contributed by atoms with E-state index in [-0.39, 0.29) is 6.23 Å². The summed E-state index contributed by atoms with van der Waals surface area (Å²) in [5, 5.41) is 0. The first kappa shape index (κ1) is 12.6. The molecule has 20 heavy (non-hydrogen) atoms. The first-order chi connectivity index (χ1) is 9.93. The first-order valence-corrected chi connectivity index (χ1v) is 6.61. The van der Waals surface area contributed by atoms with Gasteiger partial charge < -0.3 is 9.30 Å². The van der Waals surface area contributed by atoms with Crippen molar-refractivity contribution in [2.24, 2.45) is 0 Å². The number of hydrogen-bond donors (Lipinski definition) is 0. The molecule has 0 radical (unpaired) electrons. The van der Waals surface area contributed by atoms with Crippen LogP contribution in [0, 0.1) is 0 Å². The van der Waals surface area contributed by atoms with Crippen LogP contribution in [-0.2, 0) is 11.3 Å². The van der Waals surface area contributed by atoms with Gasteiger partial charge in [-0.3, -0.25) is 0 Å². The standard InChI is InChI=1S/C17H16N2O/c1-3-7-15(8-4-1)13-20-17(19-12-11-18-14-19)16-9-5-2-6-10-16/h1-12,14,17H,13H2. The zero-order valence-electron chi connectivity index (χ0n) is 11.1. The Morgan fingerprint density at radius 1 is 0.950 bits per heavy atom. The third-order valence-electron chi connectivity index (χ3n) is 3.13. The Labute approximate surface area is 118 Å². The summed E-state index contributed by atoms with van der Waals surface area (Å²) >= 11 is 0. The molecule has 1 unspecified atom stereocenters. The quantitative estimate of drug-likeness (QED) is 0.703.